The molecule has 1 aromatic carbocycles. The summed E-state index contributed by atoms with van der Waals surface area (Å²) in [6.07, 6.45) is 0.107. The van der Waals surface area contributed by atoms with Gasteiger partial charge < -0.3 is 14.7 Å². The van der Waals surface area contributed by atoms with Crippen molar-refractivity contribution < 1.29 is 9.84 Å². The van der Waals surface area contributed by atoms with Gasteiger partial charge in [0, 0.05) is 24.9 Å². The third-order valence-corrected chi connectivity index (χ3v) is 4.69. The Bertz CT molecular complexity index is 573. The van der Waals surface area contributed by atoms with Gasteiger partial charge in [-0.05, 0) is 12.6 Å². The van der Waals surface area contributed by atoms with Crippen molar-refractivity contribution in [3.05, 3.63) is 52.0 Å². The number of benzene rings is 1. The Morgan fingerprint density at radius 3 is 3.00 bits per heavy atom. The molecule has 2 atom stereocenters. The van der Waals surface area contributed by atoms with Gasteiger partial charge in [0.2, 0.25) is 0 Å². The van der Waals surface area contributed by atoms with Crippen molar-refractivity contribution in [1.82, 2.24) is 9.88 Å². The lowest BCUT2D eigenvalue weighted by Gasteiger charge is -2.28. The highest BCUT2D eigenvalue weighted by atomic mass is 32.1. The summed E-state index contributed by atoms with van der Waals surface area (Å²) in [6.45, 7) is 2.61. The molecular weight excluding hydrogens is 284 g/mol. The molecule has 2 unspecified atom stereocenters. The summed E-state index contributed by atoms with van der Waals surface area (Å²) < 4.78 is 5.78. The summed E-state index contributed by atoms with van der Waals surface area (Å²) in [5.41, 5.74) is 1.86. The molecule has 1 aliphatic rings. The van der Waals surface area contributed by atoms with Gasteiger partial charge in [-0.2, -0.15) is 0 Å². The lowest BCUT2D eigenvalue weighted by molar-refractivity contribution is -0.0210. The zero-order valence-electron chi connectivity index (χ0n) is 12.1. The summed E-state index contributed by atoms with van der Waals surface area (Å²) in [5.74, 6) is 0. The Morgan fingerprint density at radius 1 is 1.43 bits per heavy atom. The van der Waals surface area contributed by atoms with E-state index in [-0.39, 0.29) is 6.10 Å². The van der Waals surface area contributed by atoms with Crippen LogP contribution in [-0.4, -0.2) is 41.7 Å². The molecule has 5 heteroatoms. The van der Waals surface area contributed by atoms with Crippen LogP contribution in [0.15, 0.2) is 35.7 Å². The number of aliphatic hydroxyl groups is 1. The molecule has 2 aromatic rings. The van der Waals surface area contributed by atoms with Crippen molar-refractivity contribution in [3.63, 3.8) is 0 Å². The largest absolute Gasteiger partial charge is 0.388 e. The first kappa shape index (κ1) is 14.7. The number of thiazole rings is 1. The highest BCUT2D eigenvalue weighted by molar-refractivity contribution is 7.09. The molecule has 21 heavy (non-hydrogen) atoms. The number of hydrogen-bond donors (Lipinski definition) is 1. The fourth-order valence-corrected chi connectivity index (χ4v) is 3.35. The van der Waals surface area contributed by atoms with Crippen LogP contribution < -0.4 is 0 Å². The van der Waals surface area contributed by atoms with Crippen LogP contribution in [0.1, 0.15) is 28.5 Å². The molecule has 0 aliphatic carbocycles. The molecule has 1 aromatic heterocycles. The molecule has 1 aliphatic heterocycles. The summed E-state index contributed by atoms with van der Waals surface area (Å²) in [6, 6.07) is 9.72. The lowest BCUT2D eigenvalue weighted by Crippen LogP contribution is -2.35. The van der Waals surface area contributed by atoms with E-state index in [9.17, 15) is 5.11 Å². The fourth-order valence-electron chi connectivity index (χ4n) is 2.48. The van der Waals surface area contributed by atoms with Crippen molar-refractivity contribution in [3.8, 4) is 0 Å². The number of nitrogens with zero attached hydrogens (tertiary/aromatic N) is 2. The van der Waals surface area contributed by atoms with Crippen molar-refractivity contribution in [2.75, 3.05) is 26.7 Å². The number of aliphatic hydroxyl groups excluding tert-OH is 1. The molecule has 3 rings (SSSR count). The second kappa shape index (κ2) is 6.66. The van der Waals surface area contributed by atoms with Crippen LogP contribution in [0.25, 0.3) is 0 Å². The standard InChI is InChI=1S/C16H20N2O2S/c1-18-7-8-20-15(10-18)16-17-13(11-21-16)9-14(19)12-5-3-2-4-6-12/h2-6,11,14-15,19H,7-10H2,1H3. The molecule has 0 bridgehead atoms. The van der Waals surface area contributed by atoms with Crippen molar-refractivity contribution in [2.24, 2.45) is 0 Å². The van der Waals surface area contributed by atoms with E-state index >= 15 is 0 Å². The van der Waals surface area contributed by atoms with E-state index in [1.807, 2.05) is 35.7 Å². The SMILES string of the molecule is CN1CCOC(c2nc(CC(O)c3ccccc3)cs2)C1. The molecule has 1 fully saturated rings. The van der Waals surface area contributed by atoms with Crippen LogP contribution >= 0.6 is 11.3 Å². The Labute approximate surface area is 129 Å². The molecule has 0 radical (unpaired) electrons. The van der Waals surface area contributed by atoms with Gasteiger partial charge in [0.15, 0.2) is 0 Å². The summed E-state index contributed by atoms with van der Waals surface area (Å²) >= 11 is 1.62. The Kier molecular flexibility index (Phi) is 4.65. The maximum absolute atomic E-state index is 10.3. The zero-order valence-corrected chi connectivity index (χ0v) is 12.9. The van der Waals surface area contributed by atoms with Crippen LogP contribution in [0, 0.1) is 0 Å². The van der Waals surface area contributed by atoms with E-state index < -0.39 is 6.10 Å². The second-order valence-corrected chi connectivity index (χ2v) is 6.32. The van der Waals surface area contributed by atoms with Gasteiger partial charge in [-0.1, -0.05) is 30.3 Å². The molecule has 4 nitrogen and oxygen atoms in total. The Morgan fingerprint density at radius 2 is 2.24 bits per heavy atom. The third-order valence-electron chi connectivity index (χ3n) is 3.70. The first-order valence-electron chi connectivity index (χ1n) is 7.20. The number of hydrogen-bond acceptors (Lipinski definition) is 5. The number of ether oxygens (including phenoxy) is 1. The first-order chi connectivity index (χ1) is 10.2. The van der Waals surface area contributed by atoms with E-state index in [4.69, 9.17) is 4.74 Å². The van der Waals surface area contributed by atoms with E-state index in [1.165, 1.54) is 0 Å². The molecule has 1 N–H and O–H groups in total. The summed E-state index contributed by atoms with van der Waals surface area (Å²) in [7, 11) is 2.10. The van der Waals surface area contributed by atoms with Gasteiger partial charge in [0.1, 0.15) is 11.1 Å². The topological polar surface area (TPSA) is 45.6 Å². The van der Waals surface area contributed by atoms with Crippen LogP contribution in [0.2, 0.25) is 0 Å². The van der Waals surface area contributed by atoms with E-state index in [0.29, 0.717) is 6.42 Å². The maximum atomic E-state index is 10.3. The zero-order chi connectivity index (χ0) is 14.7. The maximum Gasteiger partial charge on any atom is 0.123 e. The highest BCUT2D eigenvalue weighted by Crippen LogP contribution is 2.26. The van der Waals surface area contributed by atoms with Gasteiger partial charge in [-0.15, -0.1) is 11.3 Å². The monoisotopic (exact) mass is 304 g/mol. The predicted molar refractivity (Wildman–Crippen MR) is 83.4 cm³/mol. The normalized spacial score (nSPS) is 21.3. The smallest absolute Gasteiger partial charge is 0.123 e. The van der Waals surface area contributed by atoms with Gasteiger partial charge in [0.05, 0.1) is 18.4 Å². The molecule has 0 amide bonds. The second-order valence-electron chi connectivity index (χ2n) is 5.43. The minimum atomic E-state index is -0.504. The van der Waals surface area contributed by atoms with Crippen molar-refractivity contribution in [2.45, 2.75) is 18.6 Å². The van der Waals surface area contributed by atoms with Crippen LogP contribution in [0.3, 0.4) is 0 Å². The minimum Gasteiger partial charge on any atom is -0.388 e. The molecule has 0 spiro atoms. The van der Waals surface area contributed by atoms with E-state index in [1.54, 1.807) is 11.3 Å². The third kappa shape index (κ3) is 3.68. The van der Waals surface area contributed by atoms with Crippen molar-refractivity contribution in [1.29, 1.82) is 0 Å². The van der Waals surface area contributed by atoms with Crippen molar-refractivity contribution >= 4 is 11.3 Å². The van der Waals surface area contributed by atoms with E-state index in [0.717, 1.165) is 36.0 Å². The van der Waals surface area contributed by atoms with Gasteiger partial charge in [-0.3, -0.25) is 0 Å². The molecular formula is C16H20N2O2S. The molecule has 1 saturated heterocycles. The van der Waals surface area contributed by atoms with E-state index in [2.05, 4.69) is 16.9 Å². The average Bonchev–Trinajstić information content (AvgIpc) is 2.97. The minimum absolute atomic E-state index is 0.0661. The lowest BCUT2D eigenvalue weighted by atomic mass is 10.1. The Balaban J connectivity index is 1.65. The van der Waals surface area contributed by atoms with Crippen LogP contribution in [0.5, 0.6) is 0 Å². The number of likely N-dealkylation sites (N-methyl/N-ethyl adjacent to an activating group) is 1. The van der Waals surface area contributed by atoms with Crippen LogP contribution in [0.4, 0.5) is 0 Å². The summed E-state index contributed by atoms with van der Waals surface area (Å²) in [4.78, 5) is 6.90. The van der Waals surface area contributed by atoms with Gasteiger partial charge in [0.25, 0.3) is 0 Å². The summed E-state index contributed by atoms with van der Waals surface area (Å²) in [5, 5.41) is 13.3. The molecule has 0 saturated carbocycles. The number of aromatic nitrogens is 1. The molecule has 112 valence electrons. The predicted octanol–water partition coefficient (Wildman–Crippen LogP) is 2.42. The molecule has 2 heterocycles. The van der Waals surface area contributed by atoms with Gasteiger partial charge >= 0.3 is 0 Å². The highest BCUT2D eigenvalue weighted by Gasteiger charge is 2.22. The number of morpholine rings is 1. The van der Waals surface area contributed by atoms with Gasteiger partial charge in [-0.25, -0.2) is 4.98 Å². The Hall–Kier alpha value is -1.27. The number of rotatable bonds is 4. The van der Waals surface area contributed by atoms with Crippen LogP contribution in [-0.2, 0) is 11.2 Å². The fraction of sp³-hybridized carbons (Fsp3) is 0.438. The quantitative estimate of drug-likeness (QED) is 0.942. The first-order valence-corrected chi connectivity index (χ1v) is 8.08. The average molecular weight is 304 g/mol.